The molecular formula is C15H12BrN3O2. The smallest absolute Gasteiger partial charge is 0.269 e. The molecule has 0 saturated carbocycles. The Hall–Kier alpha value is -2.39. The lowest BCUT2D eigenvalue weighted by Crippen LogP contribution is -2.07. The summed E-state index contributed by atoms with van der Waals surface area (Å²) in [6.45, 7) is 1.96. The fourth-order valence-electron chi connectivity index (χ4n) is 1.90. The largest absolute Gasteiger partial charge is 0.378 e. The molecule has 0 radical (unpaired) electrons. The Balaban J connectivity index is 2.16. The minimum Gasteiger partial charge on any atom is -0.378 e. The number of non-ortho nitro benzene ring substituents is 1. The zero-order chi connectivity index (χ0) is 15.4. The first-order valence-electron chi connectivity index (χ1n) is 6.22. The van der Waals surface area contributed by atoms with Crippen molar-refractivity contribution in [3.8, 4) is 6.07 Å². The number of hydrogen-bond donors (Lipinski definition) is 1. The first kappa shape index (κ1) is 15.0. The number of halogens is 1. The van der Waals surface area contributed by atoms with E-state index >= 15 is 0 Å². The molecule has 0 spiro atoms. The average Bonchev–Trinajstić information content (AvgIpc) is 2.49. The number of nitrogens with one attached hydrogen (secondary N) is 1. The highest BCUT2D eigenvalue weighted by Gasteiger charge is 2.10. The molecule has 1 unspecified atom stereocenters. The molecule has 0 aliphatic carbocycles. The van der Waals surface area contributed by atoms with Crippen LogP contribution in [-0.4, -0.2) is 4.92 Å². The lowest BCUT2D eigenvalue weighted by Gasteiger charge is -2.17. The molecule has 0 heterocycles. The van der Waals surface area contributed by atoms with E-state index in [0.717, 1.165) is 15.7 Å². The summed E-state index contributed by atoms with van der Waals surface area (Å²) in [7, 11) is 0. The van der Waals surface area contributed by atoms with Gasteiger partial charge in [-0.2, -0.15) is 5.26 Å². The summed E-state index contributed by atoms with van der Waals surface area (Å²) >= 11 is 3.42. The highest BCUT2D eigenvalue weighted by molar-refractivity contribution is 9.10. The molecule has 0 aliphatic heterocycles. The van der Waals surface area contributed by atoms with E-state index in [0.29, 0.717) is 5.56 Å². The Morgan fingerprint density at radius 2 is 1.95 bits per heavy atom. The maximum atomic E-state index is 10.6. The van der Waals surface area contributed by atoms with Crippen molar-refractivity contribution in [3.63, 3.8) is 0 Å². The van der Waals surface area contributed by atoms with E-state index in [1.807, 2.05) is 13.0 Å². The van der Waals surface area contributed by atoms with Crippen molar-refractivity contribution in [3.05, 3.63) is 68.2 Å². The summed E-state index contributed by atoms with van der Waals surface area (Å²) in [5.74, 6) is 0. The SMILES string of the molecule is CC(Nc1ccc(C#N)cc1Br)c1ccc([N+](=O)[O-])cc1. The van der Waals surface area contributed by atoms with Crippen LogP contribution in [0.25, 0.3) is 0 Å². The van der Waals surface area contributed by atoms with Gasteiger partial charge in [-0.25, -0.2) is 0 Å². The molecule has 5 nitrogen and oxygen atoms in total. The van der Waals surface area contributed by atoms with Crippen LogP contribution in [0.1, 0.15) is 24.1 Å². The second-order valence-corrected chi connectivity index (χ2v) is 5.38. The maximum Gasteiger partial charge on any atom is 0.269 e. The number of nitro groups is 1. The van der Waals surface area contributed by atoms with E-state index in [2.05, 4.69) is 27.3 Å². The molecule has 0 saturated heterocycles. The van der Waals surface area contributed by atoms with Gasteiger partial charge in [-0.05, 0) is 46.6 Å². The lowest BCUT2D eigenvalue weighted by atomic mass is 10.1. The van der Waals surface area contributed by atoms with Crippen molar-refractivity contribution in [1.29, 1.82) is 5.26 Å². The fraction of sp³-hybridized carbons (Fsp3) is 0.133. The van der Waals surface area contributed by atoms with Crippen molar-refractivity contribution in [2.75, 3.05) is 5.32 Å². The standard InChI is InChI=1S/C15H12BrN3O2/c1-10(12-3-5-13(6-4-12)19(20)21)18-15-7-2-11(9-17)8-14(15)16/h2-8,10,18H,1H3. The average molecular weight is 346 g/mol. The van der Waals surface area contributed by atoms with E-state index in [1.54, 1.807) is 24.3 Å². The lowest BCUT2D eigenvalue weighted by molar-refractivity contribution is -0.384. The molecule has 1 N–H and O–H groups in total. The fourth-order valence-corrected chi connectivity index (χ4v) is 2.40. The minimum absolute atomic E-state index is 0.0185. The first-order valence-corrected chi connectivity index (χ1v) is 7.01. The molecule has 106 valence electrons. The number of benzene rings is 2. The van der Waals surface area contributed by atoms with Crippen molar-refractivity contribution < 1.29 is 4.92 Å². The van der Waals surface area contributed by atoms with Gasteiger partial charge in [0.05, 0.1) is 16.6 Å². The van der Waals surface area contributed by atoms with Crippen LogP contribution < -0.4 is 5.32 Å². The van der Waals surface area contributed by atoms with Crippen molar-refractivity contribution in [2.24, 2.45) is 0 Å². The molecule has 2 aromatic rings. The summed E-state index contributed by atoms with van der Waals surface area (Å²) in [4.78, 5) is 10.2. The van der Waals surface area contributed by atoms with Crippen molar-refractivity contribution in [2.45, 2.75) is 13.0 Å². The van der Waals surface area contributed by atoms with E-state index in [4.69, 9.17) is 5.26 Å². The Morgan fingerprint density at radius 3 is 2.48 bits per heavy atom. The van der Waals surface area contributed by atoms with Gasteiger partial charge in [0.15, 0.2) is 0 Å². The summed E-state index contributed by atoms with van der Waals surface area (Å²) in [6.07, 6.45) is 0. The summed E-state index contributed by atoms with van der Waals surface area (Å²) in [6, 6.07) is 13.8. The van der Waals surface area contributed by atoms with Gasteiger partial charge in [0.2, 0.25) is 0 Å². The van der Waals surface area contributed by atoms with Crippen LogP contribution in [0.5, 0.6) is 0 Å². The van der Waals surface area contributed by atoms with Gasteiger partial charge < -0.3 is 5.32 Å². The van der Waals surface area contributed by atoms with Crippen molar-refractivity contribution >= 4 is 27.3 Å². The molecule has 2 aromatic carbocycles. The second kappa shape index (κ2) is 6.37. The van der Waals surface area contributed by atoms with Gasteiger partial charge in [-0.3, -0.25) is 10.1 Å². The predicted octanol–water partition coefficient (Wildman–Crippen LogP) is 4.40. The van der Waals surface area contributed by atoms with Gasteiger partial charge in [0, 0.05) is 28.3 Å². The first-order chi connectivity index (χ1) is 10.0. The third-order valence-corrected chi connectivity index (χ3v) is 3.73. The molecule has 1 atom stereocenters. The number of nitrogens with zero attached hydrogens (tertiary/aromatic N) is 2. The Kier molecular flexibility index (Phi) is 4.55. The normalized spacial score (nSPS) is 11.5. The summed E-state index contributed by atoms with van der Waals surface area (Å²) in [5, 5.41) is 22.8. The number of nitro benzene ring substituents is 1. The van der Waals surface area contributed by atoms with E-state index in [9.17, 15) is 10.1 Å². The predicted molar refractivity (Wildman–Crippen MR) is 84.0 cm³/mol. The van der Waals surface area contributed by atoms with Gasteiger partial charge in [0.1, 0.15) is 0 Å². The van der Waals surface area contributed by atoms with Crippen LogP contribution in [-0.2, 0) is 0 Å². The van der Waals surface area contributed by atoms with Crippen LogP contribution in [0.3, 0.4) is 0 Å². The van der Waals surface area contributed by atoms with E-state index < -0.39 is 4.92 Å². The van der Waals surface area contributed by atoms with Crippen LogP contribution in [0, 0.1) is 21.4 Å². The van der Waals surface area contributed by atoms with Crippen LogP contribution in [0.4, 0.5) is 11.4 Å². The second-order valence-electron chi connectivity index (χ2n) is 4.52. The molecule has 6 heteroatoms. The molecule has 0 fully saturated rings. The van der Waals surface area contributed by atoms with Crippen LogP contribution >= 0.6 is 15.9 Å². The Labute approximate surface area is 130 Å². The Morgan fingerprint density at radius 1 is 1.29 bits per heavy atom. The molecule has 0 aliphatic rings. The van der Waals surface area contributed by atoms with Crippen LogP contribution in [0.15, 0.2) is 46.9 Å². The van der Waals surface area contributed by atoms with E-state index in [-0.39, 0.29) is 11.7 Å². The molecular weight excluding hydrogens is 334 g/mol. The number of nitriles is 1. The van der Waals surface area contributed by atoms with Gasteiger partial charge in [-0.15, -0.1) is 0 Å². The monoisotopic (exact) mass is 345 g/mol. The zero-order valence-corrected chi connectivity index (χ0v) is 12.8. The Bertz CT molecular complexity index is 708. The molecule has 2 rings (SSSR count). The van der Waals surface area contributed by atoms with E-state index in [1.165, 1.54) is 12.1 Å². The van der Waals surface area contributed by atoms with Gasteiger partial charge in [-0.1, -0.05) is 12.1 Å². The molecule has 0 bridgehead atoms. The van der Waals surface area contributed by atoms with Crippen LogP contribution in [0.2, 0.25) is 0 Å². The van der Waals surface area contributed by atoms with Crippen molar-refractivity contribution in [1.82, 2.24) is 0 Å². The molecule has 21 heavy (non-hydrogen) atoms. The third-order valence-electron chi connectivity index (χ3n) is 3.07. The molecule has 0 amide bonds. The summed E-state index contributed by atoms with van der Waals surface area (Å²) < 4.78 is 0.801. The summed E-state index contributed by atoms with van der Waals surface area (Å²) in [5.41, 5.74) is 2.46. The number of anilines is 1. The third kappa shape index (κ3) is 3.58. The van der Waals surface area contributed by atoms with Gasteiger partial charge >= 0.3 is 0 Å². The number of rotatable bonds is 4. The maximum absolute atomic E-state index is 10.6. The molecule has 0 aromatic heterocycles. The number of hydrogen-bond acceptors (Lipinski definition) is 4. The quantitative estimate of drug-likeness (QED) is 0.657. The minimum atomic E-state index is -0.418. The highest BCUT2D eigenvalue weighted by atomic mass is 79.9. The zero-order valence-electron chi connectivity index (χ0n) is 11.2. The topological polar surface area (TPSA) is 79.0 Å². The van der Waals surface area contributed by atoms with Gasteiger partial charge in [0.25, 0.3) is 5.69 Å². The highest BCUT2D eigenvalue weighted by Crippen LogP contribution is 2.28.